The minimum atomic E-state index is -6.00. The fourth-order valence-corrected chi connectivity index (χ4v) is 0. The van der Waals surface area contributed by atoms with E-state index in [1.165, 1.54) is 0 Å². The summed E-state index contributed by atoms with van der Waals surface area (Å²) in [6.07, 6.45) is 0. The van der Waals surface area contributed by atoms with Crippen molar-refractivity contribution in [2.24, 2.45) is 5.84 Å². The monoisotopic (exact) mass is 131 g/mol. The molecule has 3 nitrogen and oxygen atoms in total. The van der Waals surface area contributed by atoms with Crippen molar-refractivity contribution >= 4 is 7.25 Å². The van der Waals surface area contributed by atoms with Gasteiger partial charge in [0, 0.05) is 0 Å². The van der Waals surface area contributed by atoms with E-state index in [9.17, 15) is 17.3 Å². The zero-order valence-electron chi connectivity index (χ0n) is 3.56. The molecule has 0 saturated carbocycles. The van der Waals surface area contributed by atoms with E-state index in [-0.39, 0.29) is 0 Å². The Labute approximate surface area is 42.2 Å². The summed E-state index contributed by atoms with van der Waals surface area (Å²) in [5.74, 6) is 4.03. The summed E-state index contributed by atoms with van der Waals surface area (Å²) >= 11 is 0. The number of nitrogens with two attached hydrogens (primary N) is 1. The van der Waals surface area contributed by atoms with E-state index < -0.39 is 7.25 Å². The van der Waals surface area contributed by atoms with E-state index in [0.717, 1.165) is 0 Å². The second-order valence-electron chi connectivity index (χ2n) is 0.610. The van der Waals surface area contributed by atoms with Crippen molar-refractivity contribution in [1.29, 1.82) is 5.39 Å². The highest BCUT2D eigenvalue weighted by Gasteiger charge is 2.20. The van der Waals surface area contributed by atoms with Crippen LogP contribution in [0.1, 0.15) is 0 Å². The van der Waals surface area contributed by atoms with Crippen LogP contribution in [0.5, 0.6) is 0 Å². The lowest BCUT2D eigenvalue weighted by Gasteiger charge is -1.94. The lowest BCUT2D eigenvalue weighted by atomic mass is 10.3. The maximum absolute atomic E-state index is 9.75. The molecule has 0 aromatic rings. The molecule has 0 radical (unpaired) electrons. The van der Waals surface area contributed by atoms with Gasteiger partial charge in [0.05, 0.1) is 0 Å². The summed E-state index contributed by atoms with van der Waals surface area (Å²) in [4.78, 5) is 0. The Bertz CT molecular complexity index is 72.3. The van der Waals surface area contributed by atoms with E-state index in [2.05, 4.69) is 5.84 Å². The SMILES string of the molecule is F[B-](F)(F)F.N#[N+]N. The van der Waals surface area contributed by atoms with E-state index in [1.807, 2.05) is 5.08 Å². The van der Waals surface area contributed by atoms with Gasteiger partial charge in [-0.1, -0.05) is 5.84 Å². The largest absolute Gasteiger partial charge is 0.673 e. The van der Waals surface area contributed by atoms with E-state index in [0.29, 0.717) is 0 Å². The standard InChI is InChI=1S/BF4.H2N3/c2-1(3,4)5;1-3-2/h;1H2/q-1;+1. The number of rotatable bonds is 0. The molecule has 0 amide bonds. The highest BCUT2D eigenvalue weighted by Crippen LogP contribution is 2.06. The quantitative estimate of drug-likeness (QED) is 0.175. The predicted molar refractivity (Wildman–Crippen MR) is 19.5 cm³/mol. The topological polar surface area (TPSA) is 54.2 Å². The molecule has 0 spiro atoms. The number of hydrogen-bond donors (Lipinski definition) is 1. The van der Waals surface area contributed by atoms with Crippen LogP contribution in [0.15, 0.2) is 0 Å². The first kappa shape index (κ1) is 10.1. The van der Waals surface area contributed by atoms with Crippen molar-refractivity contribution in [3.63, 3.8) is 0 Å². The number of diazo groups is 1. The molecule has 0 aliphatic carbocycles. The lowest BCUT2D eigenvalue weighted by molar-refractivity contribution is 0.368. The van der Waals surface area contributed by atoms with Crippen LogP contribution >= 0.6 is 0 Å². The molecule has 0 aliphatic rings. The van der Waals surface area contributed by atoms with Gasteiger partial charge in [0.1, 0.15) is 0 Å². The predicted octanol–water partition coefficient (Wildman–Crippen LogP) is 1.01. The van der Waals surface area contributed by atoms with E-state index in [1.54, 1.807) is 0 Å². The van der Waals surface area contributed by atoms with Crippen LogP contribution < -0.4 is 5.84 Å². The van der Waals surface area contributed by atoms with Crippen molar-refractivity contribution in [2.75, 3.05) is 0 Å². The van der Waals surface area contributed by atoms with Crippen LogP contribution in [0.25, 0.3) is 5.08 Å². The Morgan fingerprint density at radius 2 is 1.25 bits per heavy atom. The Morgan fingerprint density at radius 3 is 1.25 bits per heavy atom. The summed E-state index contributed by atoms with van der Waals surface area (Å²) in [6, 6.07) is 0. The molecule has 0 fully saturated rings. The van der Waals surface area contributed by atoms with Crippen molar-refractivity contribution in [2.45, 2.75) is 0 Å². The number of nitrogens with zero attached hydrogens (tertiary/aromatic N) is 2. The second-order valence-corrected chi connectivity index (χ2v) is 0.610. The second kappa shape index (κ2) is 4.17. The van der Waals surface area contributed by atoms with E-state index in [4.69, 9.17) is 5.39 Å². The first-order valence-corrected chi connectivity index (χ1v) is 1.33. The Hall–Kier alpha value is -0.995. The normalized spacial score (nSPS) is 8.38. The molecule has 8 heavy (non-hydrogen) atoms. The van der Waals surface area contributed by atoms with Crippen LogP contribution in [0, 0.1) is 5.39 Å². The molecule has 0 saturated heterocycles. The van der Waals surface area contributed by atoms with Crippen molar-refractivity contribution in [1.82, 2.24) is 0 Å². The molecule has 0 heterocycles. The van der Waals surface area contributed by atoms with Gasteiger partial charge >= 0.3 is 7.25 Å². The average molecular weight is 131 g/mol. The summed E-state index contributed by atoms with van der Waals surface area (Å²) in [7, 11) is -6.00. The third kappa shape index (κ3) is 81.1. The van der Waals surface area contributed by atoms with Gasteiger partial charge < -0.3 is 17.3 Å². The van der Waals surface area contributed by atoms with Crippen molar-refractivity contribution in [3.8, 4) is 0 Å². The molecule has 0 bridgehead atoms. The Morgan fingerprint density at radius 1 is 1.25 bits per heavy atom. The summed E-state index contributed by atoms with van der Waals surface area (Å²) < 4.78 is 39.0. The lowest BCUT2D eigenvalue weighted by Crippen LogP contribution is -2.02. The molecule has 0 aromatic heterocycles. The summed E-state index contributed by atoms with van der Waals surface area (Å²) in [6.45, 7) is 0. The number of hydrogen-bond acceptors (Lipinski definition) is 2. The average Bonchev–Trinajstić information content (AvgIpc) is 1.27. The molecule has 0 unspecified atom stereocenters. The molecule has 0 atom stereocenters. The van der Waals surface area contributed by atoms with Crippen molar-refractivity contribution < 1.29 is 17.3 Å². The fourth-order valence-electron chi connectivity index (χ4n) is 0. The molecule has 0 rings (SSSR count). The first-order valence-electron chi connectivity index (χ1n) is 1.33. The van der Waals surface area contributed by atoms with Gasteiger partial charge in [-0.15, -0.1) is 0 Å². The van der Waals surface area contributed by atoms with Gasteiger partial charge in [-0.2, -0.15) is 0 Å². The third-order valence-corrected chi connectivity index (χ3v) is 0. The van der Waals surface area contributed by atoms with Crippen LogP contribution in [0.4, 0.5) is 17.3 Å². The summed E-state index contributed by atoms with van der Waals surface area (Å²) in [5, 5.41) is 8.97. The minimum Gasteiger partial charge on any atom is -0.418 e. The van der Waals surface area contributed by atoms with Crippen LogP contribution in [0.3, 0.4) is 0 Å². The van der Waals surface area contributed by atoms with Crippen molar-refractivity contribution in [3.05, 3.63) is 5.08 Å². The van der Waals surface area contributed by atoms with Gasteiger partial charge in [-0.05, 0) is 0 Å². The zero-order valence-corrected chi connectivity index (χ0v) is 3.56. The smallest absolute Gasteiger partial charge is 0.418 e. The van der Waals surface area contributed by atoms with Gasteiger partial charge in [0.2, 0.25) is 0 Å². The van der Waals surface area contributed by atoms with Gasteiger partial charge in [-0.3, -0.25) is 0 Å². The number of halogens is 4. The van der Waals surface area contributed by atoms with Crippen LogP contribution in [-0.4, -0.2) is 7.25 Å². The molecule has 0 aromatic carbocycles. The maximum atomic E-state index is 9.75. The first-order chi connectivity index (χ1) is 3.41. The Kier molecular flexibility index (Phi) is 5.26. The molecular weight excluding hydrogens is 129 g/mol. The van der Waals surface area contributed by atoms with Gasteiger partial charge in [-0.25, -0.2) is 0 Å². The van der Waals surface area contributed by atoms with Gasteiger partial charge in [0.25, 0.3) is 10.5 Å². The van der Waals surface area contributed by atoms with Crippen LogP contribution in [0.2, 0.25) is 0 Å². The molecule has 0 aliphatic heterocycles. The highest BCUT2D eigenvalue weighted by molar-refractivity contribution is 6.50. The zero-order chi connectivity index (χ0) is 7.21. The highest BCUT2D eigenvalue weighted by atomic mass is 19.5. The summed E-state index contributed by atoms with van der Waals surface area (Å²) in [5.41, 5.74) is 0. The Balaban J connectivity index is 0. The molecule has 48 valence electrons. The fraction of sp³-hybridized carbons (Fsp3) is 0. The van der Waals surface area contributed by atoms with E-state index >= 15 is 0 Å². The van der Waals surface area contributed by atoms with Gasteiger partial charge in [0.15, 0.2) is 0 Å². The molecule has 8 heteroatoms. The molecular formula is H2BF4N3. The molecule has 2 N–H and O–H groups in total. The van der Waals surface area contributed by atoms with Crippen LogP contribution in [-0.2, 0) is 0 Å². The third-order valence-electron chi connectivity index (χ3n) is 0. The maximum Gasteiger partial charge on any atom is 0.673 e. The minimum absolute atomic E-state index is 2.00.